The number of carbonyl (C=O) groups excluding carboxylic acids is 2. The molecule has 0 N–H and O–H groups in total. The molecule has 2 aliphatic heterocycles. The summed E-state index contributed by atoms with van der Waals surface area (Å²) in [5, 5.41) is 0. The van der Waals surface area contributed by atoms with Gasteiger partial charge < -0.3 is 19.3 Å². The Morgan fingerprint density at radius 2 is 1.86 bits per heavy atom. The number of benzene rings is 2. The first kappa shape index (κ1) is 19.3. The predicted octanol–water partition coefficient (Wildman–Crippen LogP) is 3.25. The molecule has 0 saturated carbocycles. The third kappa shape index (κ3) is 4.21. The molecule has 2 aromatic rings. The second kappa shape index (κ2) is 8.55. The highest BCUT2D eigenvalue weighted by atomic mass is 16.6. The van der Waals surface area contributed by atoms with E-state index in [1.807, 2.05) is 53.4 Å². The molecular weight excluding hydrogens is 368 g/mol. The molecule has 2 aliphatic rings. The van der Waals surface area contributed by atoms with Gasteiger partial charge >= 0.3 is 0 Å². The lowest BCUT2D eigenvalue weighted by Crippen LogP contribution is -2.37. The van der Waals surface area contributed by atoms with Gasteiger partial charge in [0.05, 0.1) is 5.92 Å². The van der Waals surface area contributed by atoms with Crippen molar-refractivity contribution in [2.24, 2.45) is 5.92 Å². The summed E-state index contributed by atoms with van der Waals surface area (Å²) in [6, 6.07) is 15.5. The molecule has 0 radical (unpaired) electrons. The van der Waals surface area contributed by atoms with E-state index in [1.54, 1.807) is 4.90 Å². The minimum Gasteiger partial charge on any atom is -0.486 e. The number of hydrogen-bond acceptors (Lipinski definition) is 4. The molecule has 1 atom stereocenters. The molecule has 6 nitrogen and oxygen atoms in total. The van der Waals surface area contributed by atoms with Crippen molar-refractivity contribution in [2.45, 2.75) is 26.3 Å². The van der Waals surface area contributed by atoms with Crippen LogP contribution in [0.5, 0.6) is 11.5 Å². The Hall–Kier alpha value is -3.02. The van der Waals surface area contributed by atoms with E-state index < -0.39 is 0 Å². The van der Waals surface area contributed by atoms with Gasteiger partial charge in [0, 0.05) is 37.8 Å². The molecule has 2 amide bonds. The van der Waals surface area contributed by atoms with Gasteiger partial charge in [-0.25, -0.2) is 0 Å². The lowest BCUT2D eigenvalue weighted by atomic mass is 10.1. The van der Waals surface area contributed by atoms with Crippen LogP contribution < -0.4 is 14.4 Å². The SMILES string of the molecule is CCCN(Cc1ccccc1)C(=O)C1CC(=O)N(c2ccc3c(c2)OCCO3)C1. The maximum absolute atomic E-state index is 13.2. The molecule has 1 fully saturated rings. The first-order chi connectivity index (χ1) is 14.2. The van der Waals surface area contributed by atoms with Gasteiger partial charge in [0.25, 0.3) is 0 Å². The van der Waals surface area contributed by atoms with Crippen LogP contribution in [0, 0.1) is 5.92 Å². The van der Waals surface area contributed by atoms with Crippen molar-refractivity contribution in [3.05, 3.63) is 54.1 Å². The van der Waals surface area contributed by atoms with Crippen LogP contribution in [0.25, 0.3) is 0 Å². The maximum atomic E-state index is 13.2. The zero-order chi connectivity index (χ0) is 20.2. The van der Waals surface area contributed by atoms with Gasteiger partial charge in [0.2, 0.25) is 11.8 Å². The van der Waals surface area contributed by atoms with Crippen molar-refractivity contribution in [3.8, 4) is 11.5 Å². The van der Waals surface area contributed by atoms with E-state index in [4.69, 9.17) is 9.47 Å². The van der Waals surface area contributed by atoms with E-state index in [9.17, 15) is 9.59 Å². The number of hydrogen-bond donors (Lipinski definition) is 0. The summed E-state index contributed by atoms with van der Waals surface area (Å²) in [7, 11) is 0. The molecule has 2 aromatic carbocycles. The maximum Gasteiger partial charge on any atom is 0.228 e. The number of rotatable bonds is 6. The number of carbonyl (C=O) groups is 2. The fraction of sp³-hybridized carbons (Fsp3) is 0.391. The lowest BCUT2D eigenvalue weighted by molar-refractivity contribution is -0.136. The third-order valence-corrected chi connectivity index (χ3v) is 5.33. The van der Waals surface area contributed by atoms with Crippen LogP contribution in [-0.4, -0.2) is 43.0 Å². The van der Waals surface area contributed by atoms with E-state index in [0.29, 0.717) is 44.3 Å². The van der Waals surface area contributed by atoms with Gasteiger partial charge in [0.1, 0.15) is 13.2 Å². The van der Waals surface area contributed by atoms with E-state index >= 15 is 0 Å². The summed E-state index contributed by atoms with van der Waals surface area (Å²) in [5.41, 5.74) is 1.85. The number of nitrogens with zero attached hydrogens (tertiary/aromatic N) is 2. The Kier molecular flexibility index (Phi) is 5.69. The summed E-state index contributed by atoms with van der Waals surface area (Å²) >= 11 is 0. The second-order valence-electron chi connectivity index (χ2n) is 7.48. The summed E-state index contributed by atoms with van der Waals surface area (Å²) in [5.74, 6) is 1.02. The van der Waals surface area contributed by atoms with Crippen LogP contribution in [0.4, 0.5) is 5.69 Å². The van der Waals surface area contributed by atoms with Crippen molar-refractivity contribution < 1.29 is 19.1 Å². The fourth-order valence-electron chi connectivity index (χ4n) is 3.92. The van der Waals surface area contributed by atoms with Crippen LogP contribution in [0.3, 0.4) is 0 Å². The lowest BCUT2D eigenvalue weighted by Gasteiger charge is -2.26. The highest BCUT2D eigenvalue weighted by Crippen LogP contribution is 2.36. The minimum absolute atomic E-state index is 0.0313. The van der Waals surface area contributed by atoms with Gasteiger partial charge in [-0.15, -0.1) is 0 Å². The first-order valence-corrected chi connectivity index (χ1v) is 10.2. The van der Waals surface area contributed by atoms with Crippen molar-refractivity contribution in [2.75, 3.05) is 31.2 Å². The quantitative estimate of drug-likeness (QED) is 0.755. The zero-order valence-electron chi connectivity index (χ0n) is 16.7. The highest BCUT2D eigenvalue weighted by molar-refractivity contribution is 6.00. The first-order valence-electron chi connectivity index (χ1n) is 10.2. The van der Waals surface area contributed by atoms with Gasteiger partial charge in [-0.05, 0) is 24.1 Å². The molecule has 4 rings (SSSR count). The van der Waals surface area contributed by atoms with Crippen LogP contribution in [0.2, 0.25) is 0 Å². The Morgan fingerprint density at radius 1 is 1.10 bits per heavy atom. The van der Waals surface area contributed by atoms with Crippen molar-refractivity contribution in [3.63, 3.8) is 0 Å². The van der Waals surface area contributed by atoms with E-state index in [1.165, 1.54) is 0 Å². The number of anilines is 1. The molecule has 29 heavy (non-hydrogen) atoms. The summed E-state index contributed by atoms with van der Waals surface area (Å²) < 4.78 is 11.2. The Bertz CT molecular complexity index is 884. The molecular formula is C23H26N2O4. The van der Waals surface area contributed by atoms with E-state index in [0.717, 1.165) is 17.7 Å². The normalized spacial score (nSPS) is 18.0. The number of ether oxygens (including phenoxy) is 2. The van der Waals surface area contributed by atoms with Crippen LogP contribution in [0.1, 0.15) is 25.3 Å². The van der Waals surface area contributed by atoms with Crippen LogP contribution in [-0.2, 0) is 16.1 Å². The van der Waals surface area contributed by atoms with Crippen molar-refractivity contribution in [1.29, 1.82) is 0 Å². The minimum atomic E-state index is -0.328. The Labute approximate surface area is 171 Å². The smallest absolute Gasteiger partial charge is 0.228 e. The topological polar surface area (TPSA) is 59.1 Å². The zero-order valence-corrected chi connectivity index (χ0v) is 16.7. The number of fused-ring (bicyclic) bond motifs is 1. The standard InChI is InChI=1S/C23H26N2O4/c1-2-10-24(15-17-6-4-3-5-7-17)23(27)18-13-22(26)25(16-18)19-8-9-20-21(14-19)29-12-11-28-20/h3-9,14,18H,2,10-13,15-16H2,1H3. The van der Waals surface area contributed by atoms with Crippen molar-refractivity contribution >= 4 is 17.5 Å². The Morgan fingerprint density at radius 3 is 2.62 bits per heavy atom. The van der Waals surface area contributed by atoms with Crippen LogP contribution in [0.15, 0.2) is 48.5 Å². The van der Waals surface area contributed by atoms with Gasteiger partial charge in [-0.1, -0.05) is 37.3 Å². The van der Waals surface area contributed by atoms with Gasteiger partial charge in [0.15, 0.2) is 11.5 Å². The fourth-order valence-corrected chi connectivity index (χ4v) is 3.92. The second-order valence-corrected chi connectivity index (χ2v) is 7.48. The molecule has 0 aromatic heterocycles. The molecule has 0 spiro atoms. The average Bonchev–Trinajstić information content (AvgIpc) is 3.15. The molecule has 1 unspecified atom stereocenters. The molecule has 1 saturated heterocycles. The molecule has 0 aliphatic carbocycles. The molecule has 2 heterocycles. The van der Waals surface area contributed by atoms with Crippen LogP contribution >= 0.6 is 0 Å². The largest absolute Gasteiger partial charge is 0.486 e. The van der Waals surface area contributed by atoms with E-state index in [-0.39, 0.29) is 24.2 Å². The van der Waals surface area contributed by atoms with E-state index in [2.05, 4.69) is 6.92 Å². The third-order valence-electron chi connectivity index (χ3n) is 5.33. The Balaban J connectivity index is 1.48. The van der Waals surface area contributed by atoms with Gasteiger partial charge in [-0.3, -0.25) is 9.59 Å². The predicted molar refractivity (Wildman–Crippen MR) is 110 cm³/mol. The summed E-state index contributed by atoms with van der Waals surface area (Å²) in [6.07, 6.45) is 1.12. The average molecular weight is 394 g/mol. The molecule has 0 bridgehead atoms. The van der Waals surface area contributed by atoms with Gasteiger partial charge in [-0.2, -0.15) is 0 Å². The molecule has 6 heteroatoms. The highest BCUT2D eigenvalue weighted by Gasteiger charge is 2.37. The van der Waals surface area contributed by atoms with Crippen molar-refractivity contribution in [1.82, 2.24) is 4.90 Å². The number of amides is 2. The molecule has 152 valence electrons. The summed E-state index contributed by atoms with van der Waals surface area (Å²) in [4.78, 5) is 29.4. The monoisotopic (exact) mass is 394 g/mol. The summed E-state index contributed by atoms with van der Waals surface area (Å²) in [6.45, 7) is 4.74.